The molecule has 3 atom stereocenters. The number of carbonyl (C=O) groups is 1. The summed E-state index contributed by atoms with van der Waals surface area (Å²) in [4.78, 5) is 13.9. The van der Waals surface area contributed by atoms with Crippen molar-refractivity contribution in [1.29, 1.82) is 5.39 Å². The van der Waals surface area contributed by atoms with Crippen LogP contribution in [0.3, 0.4) is 0 Å². The molecular formula is C13H19N2O4+. The smallest absolute Gasteiger partial charge is 0.387 e. The molecule has 1 rings (SSSR count). The van der Waals surface area contributed by atoms with Crippen molar-refractivity contribution in [2.24, 2.45) is 0 Å². The van der Waals surface area contributed by atoms with Crippen molar-refractivity contribution in [3.05, 3.63) is 29.6 Å². The number of carbonyl (C=O) groups excluding carboxylic acids is 1. The quantitative estimate of drug-likeness (QED) is 0.358. The molecule has 0 bridgehead atoms. The molecule has 0 unspecified atom stereocenters. The number of allylic oxidation sites excluding steroid dienone is 1. The Morgan fingerprint density at radius 1 is 1.74 bits per heavy atom. The molecule has 19 heavy (non-hydrogen) atoms. The van der Waals surface area contributed by atoms with Gasteiger partial charge in [-0.2, -0.15) is 0 Å². The first-order chi connectivity index (χ1) is 8.91. The zero-order valence-electron chi connectivity index (χ0n) is 11.2. The summed E-state index contributed by atoms with van der Waals surface area (Å²) >= 11 is 0. The maximum atomic E-state index is 11.2. The Kier molecular flexibility index (Phi) is 5.07. The first-order valence-electron chi connectivity index (χ1n) is 6.11. The Morgan fingerprint density at radius 3 is 2.95 bits per heavy atom. The Hall–Kier alpha value is -1.87. The summed E-state index contributed by atoms with van der Waals surface area (Å²) in [5.74, 6) is -0.427. The highest BCUT2D eigenvalue weighted by Gasteiger charge is 2.46. The molecule has 0 aromatic heterocycles. The van der Waals surface area contributed by atoms with Crippen LogP contribution in [-0.4, -0.2) is 28.9 Å². The van der Waals surface area contributed by atoms with Crippen LogP contribution in [-0.2, 0) is 14.3 Å². The number of hydrogen-bond donors (Lipinski definition) is 1. The van der Waals surface area contributed by atoms with Gasteiger partial charge in [-0.15, -0.1) is 6.58 Å². The van der Waals surface area contributed by atoms with Gasteiger partial charge in [0.05, 0.1) is 12.2 Å². The van der Waals surface area contributed by atoms with Crippen LogP contribution in [0.5, 0.6) is 0 Å². The number of aliphatic hydroxyl groups excluding tert-OH is 1. The number of hydrogen-bond acceptors (Lipinski definition) is 5. The lowest BCUT2D eigenvalue weighted by Crippen LogP contribution is -2.39. The number of rotatable bonds is 5. The highest BCUT2D eigenvalue weighted by atomic mass is 16.6. The lowest BCUT2D eigenvalue weighted by Gasteiger charge is -2.29. The topological polar surface area (TPSA) is 83.9 Å². The van der Waals surface area contributed by atoms with E-state index in [4.69, 9.17) is 14.9 Å². The standard InChI is InChI=1S/C13H18N2O4/c1-4-11-7-13(3,19-9(2)16)12(18-11)6-5-10(17)8-15-14/h4,8,11-12H,1,5-7H2,2-3H3/p+1/b10-8-/t11-,12+,13+/m0/s1. The normalized spacial score (nSPS) is 30.7. The molecule has 1 N–H and O–H groups in total. The Morgan fingerprint density at radius 2 is 2.42 bits per heavy atom. The van der Waals surface area contributed by atoms with Crippen molar-refractivity contribution < 1.29 is 19.4 Å². The molecule has 0 amide bonds. The van der Waals surface area contributed by atoms with Gasteiger partial charge in [0.2, 0.25) is 5.39 Å². The average molecular weight is 267 g/mol. The van der Waals surface area contributed by atoms with Crippen molar-refractivity contribution in [3.8, 4) is 0 Å². The molecule has 1 aliphatic rings. The predicted molar refractivity (Wildman–Crippen MR) is 68.7 cm³/mol. The highest BCUT2D eigenvalue weighted by Crippen LogP contribution is 2.37. The zero-order valence-corrected chi connectivity index (χ0v) is 11.2. The molecular weight excluding hydrogens is 248 g/mol. The van der Waals surface area contributed by atoms with E-state index < -0.39 is 5.60 Å². The van der Waals surface area contributed by atoms with Crippen LogP contribution in [0, 0.1) is 5.39 Å². The van der Waals surface area contributed by atoms with Crippen LogP contribution >= 0.6 is 0 Å². The molecule has 104 valence electrons. The van der Waals surface area contributed by atoms with Crippen molar-refractivity contribution in [3.63, 3.8) is 0 Å². The molecule has 6 heteroatoms. The second-order valence-corrected chi connectivity index (χ2v) is 4.78. The molecule has 0 aromatic rings. The summed E-state index contributed by atoms with van der Waals surface area (Å²) in [6.45, 7) is 6.83. The van der Waals surface area contributed by atoms with Crippen LogP contribution in [0.25, 0.3) is 4.98 Å². The fraction of sp³-hybridized carbons (Fsp3) is 0.615. The van der Waals surface area contributed by atoms with Gasteiger partial charge in [0.25, 0.3) is 0 Å². The summed E-state index contributed by atoms with van der Waals surface area (Å²) in [5, 5.41) is 17.7. The van der Waals surface area contributed by atoms with E-state index >= 15 is 0 Å². The van der Waals surface area contributed by atoms with E-state index in [1.807, 2.05) is 0 Å². The molecule has 0 radical (unpaired) electrons. The van der Waals surface area contributed by atoms with Gasteiger partial charge in [-0.05, 0) is 13.3 Å². The molecule has 1 fully saturated rings. The molecule has 0 spiro atoms. The number of nitrogens with zero attached hydrogens (tertiary/aromatic N) is 2. The zero-order chi connectivity index (χ0) is 14.5. The predicted octanol–water partition coefficient (Wildman–Crippen LogP) is 2.68. The maximum Gasteiger partial charge on any atom is 0.387 e. The van der Waals surface area contributed by atoms with E-state index in [0.717, 1.165) is 6.20 Å². The van der Waals surface area contributed by atoms with Crippen molar-refractivity contribution in [1.82, 2.24) is 0 Å². The van der Waals surface area contributed by atoms with Crippen LogP contribution in [0.15, 0.2) is 24.6 Å². The van der Waals surface area contributed by atoms with Gasteiger partial charge in [-0.3, -0.25) is 4.79 Å². The first kappa shape index (κ1) is 15.2. The summed E-state index contributed by atoms with van der Waals surface area (Å²) in [7, 11) is 0. The van der Waals surface area contributed by atoms with E-state index in [1.54, 1.807) is 13.0 Å². The summed E-state index contributed by atoms with van der Waals surface area (Å²) < 4.78 is 11.1. The number of esters is 1. The molecule has 6 nitrogen and oxygen atoms in total. The maximum absolute atomic E-state index is 11.2. The Balaban J connectivity index is 2.72. The third-order valence-corrected chi connectivity index (χ3v) is 3.14. The highest BCUT2D eigenvalue weighted by molar-refractivity contribution is 5.66. The number of aliphatic hydroxyl groups is 1. The van der Waals surface area contributed by atoms with E-state index in [1.165, 1.54) is 6.92 Å². The molecule has 1 saturated heterocycles. The fourth-order valence-corrected chi connectivity index (χ4v) is 2.29. The van der Waals surface area contributed by atoms with Gasteiger partial charge >= 0.3 is 12.2 Å². The van der Waals surface area contributed by atoms with Crippen LogP contribution in [0.2, 0.25) is 0 Å². The molecule has 0 saturated carbocycles. The molecule has 0 aliphatic carbocycles. The molecule has 1 heterocycles. The first-order valence-corrected chi connectivity index (χ1v) is 6.11. The van der Waals surface area contributed by atoms with Crippen molar-refractivity contribution >= 4 is 5.97 Å². The SMILES string of the molecule is C=C[C@H]1C[C@@](C)(OC(C)=O)[C@@H](CC/C(O)=C/[N+]#N)O1. The third kappa shape index (κ3) is 4.07. The Labute approximate surface area is 112 Å². The number of ether oxygens (including phenoxy) is 2. The van der Waals surface area contributed by atoms with Crippen LogP contribution < -0.4 is 0 Å². The van der Waals surface area contributed by atoms with Gasteiger partial charge in [-0.1, -0.05) is 6.08 Å². The van der Waals surface area contributed by atoms with Crippen LogP contribution in [0.1, 0.15) is 33.1 Å². The second-order valence-electron chi connectivity index (χ2n) is 4.78. The van der Waals surface area contributed by atoms with Gasteiger partial charge in [0.15, 0.2) is 10.7 Å². The minimum atomic E-state index is -0.735. The van der Waals surface area contributed by atoms with Gasteiger partial charge in [-0.25, -0.2) is 0 Å². The molecule has 1 aliphatic heterocycles. The Bertz CT molecular complexity index is 427. The average Bonchev–Trinajstić information content (AvgIpc) is 2.62. The van der Waals surface area contributed by atoms with Crippen LogP contribution in [0.4, 0.5) is 0 Å². The van der Waals surface area contributed by atoms with Crippen molar-refractivity contribution in [2.45, 2.75) is 50.9 Å². The molecule has 0 aromatic carbocycles. The van der Waals surface area contributed by atoms with Gasteiger partial charge in [0.1, 0.15) is 5.60 Å². The van der Waals surface area contributed by atoms with Gasteiger partial charge in [0, 0.05) is 19.8 Å². The largest absolute Gasteiger partial charge is 0.505 e. The van der Waals surface area contributed by atoms with Gasteiger partial charge < -0.3 is 14.6 Å². The minimum absolute atomic E-state index is 0.0571. The van der Waals surface area contributed by atoms with E-state index in [-0.39, 0.29) is 30.4 Å². The van der Waals surface area contributed by atoms with E-state index in [0.29, 0.717) is 12.8 Å². The lowest BCUT2D eigenvalue weighted by atomic mass is 9.92. The minimum Gasteiger partial charge on any atom is -0.505 e. The summed E-state index contributed by atoms with van der Waals surface area (Å²) in [6, 6.07) is 0. The summed E-state index contributed by atoms with van der Waals surface area (Å²) in [6.07, 6.45) is 3.37. The monoisotopic (exact) mass is 267 g/mol. The van der Waals surface area contributed by atoms with Crippen molar-refractivity contribution in [2.75, 3.05) is 0 Å². The third-order valence-electron chi connectivity index (χ3n) is 3.14. The fourth-order valence-electron chi connectivity index (χ4n) is 2.29. The van der Waals surface area contributed by atoms with E-state index in [2.05, 4.69) is 11.6 Å². The summed E-state index contributed by atoms with van der Waals surface area (Å²) in [5.41, 5.74) is -0.735. The lowest BCUT2D eigenvalue weighted by molar-refractivity contribution is -0.161. The second kappa shape index (κ2) is 6.34. The number of diazo groups is 1. The van der Waals surface area contributed by atoms with E-state index in [9.17, 15) is 9.90 Å².